The van der Waals surface area contributed by atoms with Crippen LogP contribution in [0.2, 0.25) is 0 Å². The van der Waals surface area contributed by atoms with Crippen LogP contribution in [0.4, 0.5) is 11.4 Å². The van der Waals surface area contributed by atoms with Gasteiger partial charge >= 0.3 is 0 Å². The molecular weight excluding hydrogens is 244 g/mol. The fourth-order valence-corrected chi connectivity index (χ4v) is 2.15. The van der Waals surface area contributed by atoms with Gasteiger partial charge in [-0.3, -0.25) is 0 Å². The Morgan fingerprint density at radius 1 is 0.600 bits per heavy atom. The van der Waals surface area contributed by atoms with Gasteiger partial charge in [0.25, 0.3) is 0 Å². The summed E-state index contributed by atoms with van der Waals surface area (Å²) in [5.74, 6) is 0. The molecule has 0 N–H and O–H groups in total. The molecule has 0 aliphatic rings. The van der Waals surface area contributed by atoms with Gasteiger partial charge in [0.05, 0.1) is 11.4 Å². The monoisotopic (exact) mass is 266 g/mol. The summed E-state index contributed by atoms with van der Waals surface area (Å²) in [6.45, 7) is 4.38. The van der Waals surface area contributed by atoms with E-state index in [1.807, 2.05) is 24.3 Å². The van der Waals surface area contributed by atoms with Crippen LogP contribution in [-0.4, -0.2) is 0 Å². The number of benzene rings is 2. The largest absolute Gasteiger partial charge is 0.151 e. The van der Waals surface area contributed by atoms with Crippen LogP contribution in [0.1, 0.15) is 37.8 Å². The minimum absolute atomic E-state index is 0.905. The lowest BCUT2D eigenvalue weighted by molar-refractivity contribution is 0.921. The summed E-state index contributed by atoms with van der Waals surface area (Å²) < 4.78 is 0. The van der Waals surface area contributed by atoms with Crippen LogP contribution in [0.3, 0.4) is 0 Å². The quantitative estimate of drug-likeness (QED) is 0.572. The van der Waals surface area contributed by atoms with E-state index in [1.165, 1.54) is 24.0 Å². The summed E-state index contributed by atoms with van der Waals surface area (Å²) in [6, 6.07) is 16.6. The number of nitrogens with zero attached hydrogens (tertiary/aromatic N) is 2. The summed E-state index contributed by atoms with van der Waals surface area (Å²) >= 11 is 0. The van der Waals surface area contributed by atoms with Gasteiger partial charge in [0.2, 0.25) is 0 Å². The van der Waals surface area contributed by atoms with Gasteiger partial charge in [-0.05, 0) is 48.2 Å². The third-order valence-corrected chi connectivity index (χ3v) is 3.23. The number of hydrogen-bond donors (Lipinski definition) is 0. The van der Waals surface area contributed by atoms with Gasteiger partial charge in [-0.2, -0.15) is 10.2 Å². The van der Waals surface area contributed by atoms with E-state index in [0.717, 1.165) is 24.2 Å². The summed E-state index contributed by atoms with van der Waals surface area (Å²) in [6.07, 6.45) is 4.59. The number of hydrogen-bond acceptors (Lipinski definition) is 2. The van der Waals surface area contributed by atoms with Crippen LogP contribution in [0.25, 0.3) is 0 Å². The highest BCUT2D eigenvalue weighted by Gasteiger charge is 1.94. The highest BCUT2D eigenvalue weighted by Crippen LogP contribution is 2.20. The Hall–Kier alpha value is -1.96. The summed E-state index contributed by atoms with van der Waals surface area (Å²) in [5, 5.41) is 8.56. The molecule has 0 aliphatic heterocycles. The number of rotatable bonds is 6. The van der Waals surface area contributed by atoms with E-state index < -0.39 is 0 Å². The Morgan fingerprint density at radius 3 is 1.25 bits per heavy atom. The standard InChI is InChI=1S/C18H22N2/c1-3-5-15-7-11-17(12-8-15)19-20-18-13-9-16(6-4-2)10-14-18/h7-14H,3-6H2,1-2H3/b20-19-. The van der Waals surface area contributed by atoms with Crippen molar-refractivity contribution in [1.29, 1.82) is 0 Å². The molecule has 2 rings (SSSR count). The first-order valence-corrected chi connectivity index (χ1v) is 7.41. The van der Waals surface area contributed by atoms with Crippen molar-refractivity contribution in [3.8, 4) is 0 Å². The summed E-state index contributed by atoms with van der Waals surface area (Å²) in [5.41, 5.74) is 4.52. The molecule has 0 bridgehead atoms. The lowest BCUT2D eigenvalue weighted by atomic mass is 10.1. The smallest absolute Gasteiger partial charge is 0.0857 e. The van der Waals surface area contributed by atoms with Gasteiger partial charge in [-0.1, -0.05) is 51.0 Å². The Balaban J connectivity index is 2.01. The van der Waals surface area contributed by atoms with Crippen molar-refractivity contribution in [1.82, 2.24) is 0 Å². The van der Waals surface area contributed by atoms with Crippen molar-refractivity contribution >= 4 is 11.4 Å². The SMILES string of the molecule is CCCc1ccc(/N=N\c2ccc(CCC)cc2)cc1. The topological polar surface area (TPSA) is 24.7 Å². The molecule has 2 aromatic rings. The molecule has 0 unspecified atom stereocenters. The summed E-state index contributed by atoms with van der Waals surface area (Å²) in [7, 11) is 0. The fourth-order valence-electron chi connectivity index (χ4n) is 2.15. The van der Waals surface area contributed by atoms with Crippen molar-refractivity contribution < 1.29 is 0 Å². The molecule has 104 valence electrons. The molecule has 0 aromatic heterocycles. The Kier molecular flexibility index (Phi) is 5.48. The van der Waals surface area contributed by atoms with Gasteiger partial charge in [-0.25, -0.2) is 0 Å². The fraction of sp³-hybridized carbons (Fsp3) is 0.333. The zero-order chi connectivity index (χ0) is 14.2. The maximum Gasteiger partial charge on any atom is 0.0857 e. The van der Waals surface area contributed by atoms with E-state index in [9.17, 15) is 0 Å². The van der Waals surface area contributed by atoms with Gasteiger partial charge in [0.1, 0.15) is 0 Å². The molecule has 0 amide bonds. The molecule has 0 radical (unpaired) electrons. The van der Waals surface area contributed by atoms with Crippen molar-refractivity contribution in [3.63, 3.8) is 0 Å². The molecule has 0 spiro atoms. The number of azo groups is 1. The molecule has 2 heteroatoms. The van der Waals surface area contributed by atoms with Crippen molar-refractivity contribution in [2.75, 3.05) is 0 Å². The average Bonchev–Trinajstić information content (AvgIpc) is 2.49. The second-order valence-electron chi connectivity index (χ2n) is 5.03. The van der Waals surface area contributed by atoms with Crippen LogP contribution in [-0.2, 0) is 12.8 Å². The minimum atomic E-state index is 0.905. The van der Waals surface area contributed by atoms with E-state index in [0.29, 0.717) is 0 Å². The highest BCUT2D eigenvalue weighted by atomic mass is 15.1. The first-order valence-electron chi connectivity index (χ1n) is 7.41. The maximum atomic E-state index is 4.28. The predicted molar refractivity (Wildman–Crippen MR) is 85.1 cm³/mol. The predicted octanol–water partition coefficient (Wildman–Crippen LogP) is 6.01. The van der Waals surface area contributed by atoms with Crippen LogP contribution in [0, 0.1) is 0 Å². The first-order chi connectivity index (χ1) is 9.81. The van der Waals surface area contributed by atoms with Crippen molar-refractivity contribution in [2.24, 2.45) is 10.2 Å². The third kappa shape index (κ3) is 4.30. The molecule has 0 heterocycles. The van der Waals surface area contributed by atoms with E-state index >= 15 is 0 Å². The van der Waals surface area contributed by atoms with Crippen LogP contribution in [0.15, 0.2) is 58.8 Å². The molecule has 0 atom stereocenters. The Bertz CT molecular complexity index is 487. The average molecular weight is 266 g/mol. The van der Waals surface area contributed by atoms with Gasteiger partial charge < -0.3 is 0 Å². The van der Waals surface area contributed by atoms with Crippen LogP contribution < -0.4 is 0 Å². The van der Waals surface area contributed by atoms with Crippen molar-refractivity contribution in [3.05, 3.63) is 59.7 Å². The molecule has 2 nitrogen and oxygen atoms in total. The molecule has 0 saturated heterocycles. The molecule has 0 aliphatic carbocycles. The zero-order valence-electron chi connectivity index (χ0n) is 12.3. The van der Waals surface area contributed by atoms with Crippen LogP contribution in [0.5, 0.6) is 0 Å². The highest BCUT2D eigenvalue weighted by molar-refractivity contribution is 5.42. The molecule has 0 saturated carbocycles. The van der Waals surface area contributed by atoms with Gasteiger partial charge in [0, 0.05) is 0 Å². The van der Waals surface area contributed by atoms with Gasteiger partial charge in [0.15, 0.2) is 0 Å². The number of aryl methyl sites for hydroxylation is 2. The molecule has 20 heavy (non-hydrogen) atoms. The summed E-state index contributed by atoms with van der Waals surface area (Å²) in [4.78, 5) is 0. The molecular formula is C18H22N2. The second-order valence-corrected chi connectivity index (χ2v) is 5.03. The maximum absolute atomic E-state index is 4.28. The Morgan fingerprint density at radius 2 is 0.950 bits per heavy atom. The Labute approximate surface area is 121 Å². The van der Waals surface area contributed by atoms with E-state index in [1.54, 1.807) is 0 Å². The van der Waals surface area contributed by atoms with E-state index in [4.69, 9.17) is 0 Å². The molecule has 2 aromatic carbocycles. The molecule has 0 fully saturated rings. The lowest BCUT2D eigenvalue weighted by Gasteiger charge is -1.99. The minimum Gasteiger partial charge on any atom is -0.151 e. The zero-order valence-corrected chi connectivity index (χ0v) is 12.3. The van der Waals surface area contributed by atoms with Crippen LogP contribution >= 0.6 is 0 Å². The second kappa shape index (κ2) is 7.59. The van der Waals surface area contributed by atoms with E-state index in [2.05, 4.69) is 48.3 Å². The van der Waals surface area contributed by atoms with Gasteiger partial charge in [-0.15, -0.1) is 0 Å². The first kappa shape index (κ1) is 14.4. The lowest BCUT2D eigenvalue weighted by Crippen LogP contribution is -1.80. The third-order valence-electron chi connectivity index (χ3n) is 3.23. The van der Waals surface area contributed by atoms with Crippen molar-refractivity contribution in [2.45, 2.75) is 39.5 Å². The normalized spacial score (nSPS) is 11.1. The van der Waals surface area contributed by atoms with E-state index in [-0.39, 0.29) is 0 Å².